The van der Waals surface area contributed by atoms with E-state index in [-0.39, 0.29) is 23.3 Å². The Kier molecular flexibility index (Phi) is 7.67. The van der Waals surface area contributed by atoms with Crippen molar-refractivity contribution in [2.75, 3.05) is 11.1 Å². The van der Waals surface area contributed by atoms with Crippen molar-refractivity contribution in [3.63, 3.8) is 0 Å². The summed E-state index contributed by atoms with van der Waals surface area (Å²) in [4.78, 5) is 35.2. The molecule has 0 aliphatic heterocycles. The second-order valence-electron chi connectivity index (χ2n) is 7.17. The van der Waals surface area contributed by atoms with Gasteiger partial charge in [-0.15, -0.1) is 10.2 Å². The van der Waals surface area contributed by atoms with Crippen molar-refractivity contribution in [3.8, 4) is 0 Å². The van der Waals surface area contributed by atoms with Crippen molar-refractivity contribution in [2.45, 2.75) is 25.0 Å². The van der Waals surface area contributed by atoms with Gasteiger partial charge in [-0.1, -0.05) is 35.5 Å². The number of aryl methyl sites for hydroxylation is 1. The van der Waals surface area contributed by atoms with Crippen LogP contribution in [0.3, 0.4) is 0 Å². The maximum absolute atomic E-state index is 12.5. The molecule has 0 radical (unpaired) electrons. The van der Waals surface area contributed by atoms with Crippen molar-refractivity contribution in [1.82, 2.24) is 20.1 Å². The third-order valence-corrected chi connectivity index (χ3v) is 6.10. The van der Waals surface area contributed by atoms with Crippen LogP contribution in [0.1, 0.15) is 34.7 Å². The van der Waals surface area contributed by atoms with Crippen LogP contribution in [-0.4, -0.2) is 37.3 Å². The number of carbonyl (C=O) groups excluding carboxylic acids is 2. The lowest BCUT2D eigenvalue weighted by Gasteiger charge is -2.14. The van der Waals surface area contributed by atoms with Crippen molar-refractivity contribution in [3.05, 3.63) is 74.6 Å². The molecule has 10 nitrogen and oxygen atoms in total. The normalized spacial score (nSPS) is 11.6. The second-order valence-corrected chi connectivity index (χ2v) is 8.52. The number of non-ortho nitro benzene ring substituents is 1. The maximum atomic E-state index is 12.5. The number of hydrogen-bond donors (Lipinski definition) is 2. The van der Waals surface area contributed by atoms with Gasteiger partial charge in [-0.2, -0.15) is 0 Å². The molecule has 33 heavy (non-hydrogen) atoms. The van der Waals surface area contributed by atoms with E-state index >= 15 is 0 Å². The number of anilines is 1. The molecule has 0 aliphatic rings. The lowest BCUT2D eigenvalue weighted by molar-refractivity contribution is -0.384. The Hall–Kier alpha value is -3.44. The SMILES string of the molecule is Cc1cc([N+](=O)[O-])ccc1NC(=O)CSc1nnc([C@@H](C)NC(=O)c2ccccc2Cl)n1C. The number of rotatable bonds is 8. The van der Waals surface area contributed by atoms with E-state index in [4.69, 9.17) is 11.6 Å². The van der Waals surface area contributed by atoms with Gasteiger partial charge in [-0.3, -0.25) is 19.7 Å². The van der Waals surface area contributed by atoms with E-state index in [1.54, 1.807) is 49.7 Å². The van der Waals surface area contributed by atoms with Crippen LogP contribution >= 0.6 is 23.4 Å². The molecule has 0 aliphatic carbocycles. The van der Waals surface area contributed by atoms with Crippen LogP contribution in [-0.2, 0) is 11.8 Å². The molecule has 0 spiro atoms. The monoisotopic (exact) mass is 488 g/mol. The number of hydrogen-bond acceptors (Lipinski definition) is 7. The Morgan fingerprint density at radius 2 is 1.97 bits per heavy atom. The number of benzene rings is 2. The van der Waals surface area contributed by atoms with Crippen LogP contribution in [0.4, 0.5) is 11.4 Å². The minimum atomic E-state index is -0.488. The lowest BCUT2D eigenvalue weighted by atomic mass is 10.2. The molecule has 0 fully saturated rings. The molecule has 3 rings (SSSR count). The van der Waals surface area contributed by atoms with E-state index in [2.05, 4.69) is 20.8 Å². The van der Waals surface area contributed by atoms with Crippen LogP contribution < -0.4 is 10.6 Å². The van der Waals surface area contributed by atoms with Gasteiger partial charge in [0.15, 0.2) is 11.0 Å². The van der Waals surface area contributed by atoms with Crippen molar-refractivity contribution >= 4 is 46.6 Å². The number of carbonyl (C=O) groups is 2. The minimum Gasteiger partial charge on any atom is -0.342 e. The summed E-state index contributed by atoms with van der Waals surface area (Å²) in [7, 11) is 1.74. The second kappa shape index (κ2) is 10.5. The first-order valence-corrected chi connectivity index (χ1v) is 11.2. The Morgan fingerprint density at radius 3 is 2.64 bits per heavy atom. The molecule has 1 aromatic heterocycles. The van der Waals surface area contributed by atoms with Crippen molar-refractivity contribution in [1.29, 1.82) is 0 Å². The van der Waals surface area contributed by atoms with Crippen LogP contribution in [0.25, 0.3) is 0 Å². The summed E-state index contributed by atoms with van der Waals surface area (Å²) in [6.07, 6.45) is 0. The van der Waals surface area contributed by atoms with Crippen LogP contribution in [0.2, 0.25) is 5.02 Å². The van der Waals surface area contributed by atoms with E-state index in [0.29, 0.717) is 32.8 Å². The Bertz CT molecular complexity index is 1220. The summed E-state index contributed by atoms with van der Waals surface area (Å²) in [5.41, 5.74) is 1.41. The quantitative estimate of drug-likeness (QED) is 0.279. The fraction of sp³-hybridized carbons (Fsp3) is 0.238. The zero-order valence-corrected chi connectivity index (χ0v) is 19.6. The van der Waals surface area contributed by atoms with Gasteiger partial charge in [0.1, 0.15) is 0 Å². The highest BCUT2D eigenvalue weighted by Gasteiger charge is 2.20. The van der Waals surface area contributed by atoms with Crippen LogP contribution in [0, 0.1) is 17.0 Å². The first kappa shape index (κ1) is 24.2. The van der Waals surface area contributed by atoms with Gasteiger partial charge < -0.3 is 15.2 Å². The fourth-order valence-electron chi connectivity index (χ4n) is 3.03. The summed E-state index contributed by atoms with van der Waals surface area (Å²) < 4.78 is 1.70. The lowest BCUT2D eigenvalue weighted by Crippen LogP contribution is -2.28. The third kappa shape index (κ3) is 5.88. The third-order valence-electron chi connectivity index (χ3n) is 4.75. The predicted molar refractivity (Wildman–Crippen MR) is 126 cm³/mol. The first-order valence-electron chi connectivity index (χ1n) is 9.79. The Labute approximate surface area is 198 Å². The van der Waals surface area contributed by atoms with E-state index in [0.717, 1.165) is 0 Å². The summed E-state index contributed by atoms with van der Waals surface area (Å²) in [5.74, 6) is -0.0443. The van der Waals surface area contributed by atoms with E-state index in [1.165, 1.54) is 30.0 Å². The smallest absolute Gasteiger partial charge is 0.269 e. The molecular formula is C21H21ClN6O4S. The van der Waals surface area contributed by atoms with E-state index in [1.807, 2.05) is 0 Å². The molecule has 0 bridgehead atoms. The highest BCUT2D eigenvalue weighted by molar-refractivity contribution is 7.99. The molecule has 3 aromatic rings. The number of thioether (sulfide) groups is 1. The molecule has 2 N–H and O–H groups in total. The molecule has 0 saturated carbocycles. The topological polar surface area (TPSA) is 132 Å². The largest absolute Gasteiger partial charge is 0.342 e. The summed E-state index contributed by atoms with van der Waals surface area (Å²) in [6, 6.07) is 10.5. The standard InChI is InChI=1S/C21H21ClN6O4S/c1-12-10-14(28(31)32)8-9-17(12)24-18(29)11-33-21-26-25-19(27(21)3)13(2)23-20(30)15-6-4-5-7-16(15)22/h4-10,13H,11H2,1-3H3,(H,23,30)(H,24,29)/t13-/m1/s1. The summed E-state index contributed by atoms with van der Waals surface area (Å²) in [6.45, 7) is 3.46. The van der Waals surface area contributed by atoms with Gasteiger partial charge in [-0.05, 0) is 37.6 Å². The van der Waals surface area contributed by atoms with Crippen LogP contribution in [0.15, 0.2) is 47.6 Å². The highest BCUT2D eigenvalue weighted by Crippen LogP contribution is 2.23. The van der Waals surface area contributed by atoms with Crippen molar-refractivity contribution < 1.29 is 14.5 Å². The van der Waals surface area contributed by atoms with Crippen LogP contribution in [0.5, 0.6) is 0 Å². The zero-order valence-electron chi connectivity index (χ0n) is 18.0. The zero-order chi connectivity index (χ0) is 24.1. The fourth-order valence-corrected chi connectivity index (χ4v) is 3.97. The van der Waals surface area contributed by atoms with Gasteiger partial charge in [-0.25, -0.2) is 0 Å². The average molecular weight is 489 g/mol. The Balaban J connectivity index is 1.59. The average Bonchev–Trinajstić information content (AvgIpc) is 3.14. The first-order chi connectivity index (χ1) is 15.7. The molecule has 2 amide bonds. The number of nitrogens with one attached hydrogen (secondary N) is 2. The number of halogens is 1. The van der Waals surface area contributed by atoms with E-state index in [9.17, 15) is 19.7 Å². The molecule has 12 heteroatoms. The van der Waals surface area contributed by atoms with Gasteiger partial charge >= 0.3 is 0 Å². The molecule has 0 unspecified atom stereocenters. The summed E-state index contributed by atoms with van der Waals surface area (Å²) >= 11 is 7.26. The number of nitro benzene ring substituents is 1. The minimum absolute atomic E-state index is 0.0396. The predicted octanol–water partition coefficient (Wildman–Crippen LogP) is 3.91. The van der Waals surface area contributed by atoms with Gasteiger partial charge in [0.25, 0.3) is 11.6 Å². The van der Waals surface area contributed by atoms with Gasteiger partial charge in [0, 0.05) is 24.9 Å². The summed E-state index contributed by atoms with van der Waals surface area (Å²) in [5, 5.41) is 25.5. The highest BCUT2D eigenvalue weighted by atomic mass is 35.5. The number of nitrogens with zero attached hydrogens (tertiary/aromatic N) is 4. The molecule has 0 saturated heterocycles. The molecule has 1 heterocycles. The number of aromatic nitrogens is 3. The van der Waals surface area contributed by atoms with Crippen molar-refractivity contribution in [2.24, 2.45) is 7.05 Å². The number of nitro groups is 1. The number of amides is 2. The van der Waals surface area contributed by atoms with Gasteiger partial charge in [0.2, 0.25) is 5.91 Å². The Morgan fingerprint density at radius 1 is 1.24 bits per heavy atom. The molecule has 172 valence electrons. The molecular weight excluding hydrogens is 468 g/mol. The van der Waals surface area contributed by atoms with E-state index < -0.39 is 11.0 Å². The maximum Gasteiger partial charge on any atom is 0.269 e. The van der Waals surface area contributed by atoms with Gasteiger partial charge in [0.05, 0.1) is 27.3 Å². The molecule has 2 aromatic carbocycles. The molecule has 1 atom stereocenters.